The lowest BCUT2D eigenvalue weighted by Crippen LogP contribution is -2.09. The molecule has 4 aromatic rings. The number of benzene rings is 3. The minimum atomic E-state index is -0.294. The third-order valence-corrected chi connectivity index (χ3v) is 5.69. The highest BCUT2D eigenvalue weighted by Crippen LogP contribution is 2.32. The van der Waals surface area contributed by atoms with Gasteiger partial charge in [-0.3, -0.25) is 4.79 Å². The molecule has 1 heterocycles. The highest BCUT2D eigenvalue weighted by Gasteiger charge is 2.17. The summed E-state index contributed by atoms with van der Waals surface area (Å²) >= 11 is 0. The van der Waals surface area contributed by atoms with E-state index in [9.17, 15) is 9.90 Å². The molecule has 3 N–H and O–H groups in total. The topological polar surface area (TPSA) is 94.9 Å². The van der Waals surface area contributed by atoms with Crippen molar-refractivity contribution in [2.75, 3.05) is 13.2 Å². The van der Waals surface area contributed by atoms with Gasteiger partial charge in [-0.05, 0) is 47.9 Å². The first kappa shape index (κ1) is 23.5. The monoisotopic (exact) mass is 459 g/mol. The van der Waals surface area contributed by atoms with Crippen molar-refractivity contribution >= 4 is 16.9 Å². The molecule has 176 valence electrons. The van der Waals surface area contributed by atoms with Crippen LogP contribution in [0.1, 0.15) is 29.4 Å². The molecule has 0 aliphatic carbocycles. The van der Waals surface area contributed by atoms with Gasteiger partial charge in [0.2, 0.25) is 0 Å². The summed E-state index contributed by atoms with van der Waals surface area (Å²) in [6.45, 7) is 2.82. The summed E-state index contributed by atoms with van der Waals surface area (Å²) in [6.07, 6.45) is 0.525. The highest BCUT2D eigenvalue weighted by molar-refractivity contribution is 5.87. The molecule has 0 radical (unpaired) electrons. The average Bonchev–Trinajstić information content (AvgIpc) is 3.20. The maximum atomic E-state index is 12.0. The van der Waals surface area contributed by atoms with Crippen molar-refractivity contribution in [1.82, 2.24) is 0 Å². The maximum Gasteiger partial charge on any atom is 0.310 e. The van der Waals surface area contributed by atoms with Crippen LogP contribution in [0.2, 0.25) is 0 Å². The van der Waals surface area contributed by atoms with E-state index in [1.165, 1.54) is 0 Å². The van der Waals surface area contributed by atoms with Crippen LogP contribution in [0.15, 0.2) is 71.1 Å². The third-order valence-electron chi connectivity index (χ3n) is 5.69. The minimum absolute atomic E-state index is 0.0301. The van der Waals surface area contributed by atoms with Gasteiger partial charge in [0.15, 0.2) is 0 Å². The number of fused-ring (bicyclic) bond motifs is 1. The van der Waals surface area contributed by atoms with E-state index in [-0.39, 0.29) is 25.6 Å². The Bertz CT molecular complexity index is 1280. The fraction of sp³-hybridized carbons (Fsp3) is 0.250. The van der Waals surface area contributed by atoms with Crippen molar-refractivity contribution in [3.8, 4) is 16.9 Å². The Balaban J connectivity index is 1.66. The Hall–Kier alpha value is -3.61. The van der Waals surface area contributed by atoms with Crippen LogP contribution in [-0.4, -0.2) is 24.3 Å². The molecule has 3 aromatic carbocycles. The molecule has 6 heteroatoms. The second-order valence-corrected chi connectivity index (χ2v) is 7.97. The number of rotatable bonds is 10. The van der Waals surface area contributed by atoms with Gasteiger partial charge >= 0.3 is 5.97 Å². The second kappa shape index (κ2) is 11.0. The normalized spacial score (nSPS) is 11.0. The van der Waals surface area contributed by atoms with Gasteiger partial charge in [0.1, 0.15) is 23.7 Å². The summed E-state index contributed by atoms with van der Waals surface area (Å²) in [5, 5.41) is 10.5. The zero-order valence-electron chi connectivity index (χ0n) is 19.3. The Labute approximate surface area is 198 Å². The first-order chi connectivity index (χ1) is 16.6. The van der Waals surface area contributed by atoms with Gasteiger partial charge in [-0.15, -0.1) is 0 Å². The van der Waals surface area contributed by atoms with Gasteiger partial charge < -0.3 is 24.7 Å². The SMILES string of the molecule is CCOC(=O)Cc1ccccc1OCc1c(CCO)oc2ccc(-c3cccc(CN)c3)cc12. The zero-order chi connectivity index (χ0) is 23.9. The van der Waals surface area contributed by atoms with Gasteiger partial charge in [-0.25, -0.2) is 0 Å². The molecule has 0 aliphatic heterocycles. The van der Waals surface area contributed by atoms with E-state index in [0.717, 1.165) is 38.8 Å². The molecule has 4 rings (SSSR count). The average molecular weight is 460 g/mol. The summed E-state index contributed by atoms with van der Waals surface area (Å²) < 4.78 is 17.3. The molecule has 6 nitrogen and oxygen atoms in total. The number of furan rings is 1. The van der Waals surface area contributed by atoms with Crippen molar-refractivity contribution in [1.29, 1.82) is 0 Å². The van der Waals surface area contributed by atoms with E-state index in [0.29, 0.717) is 31.1 Å². The zero-order valence-corrected chi connectivity index (χ0v) is 19.3. The van der Waals surface area contributed by atoms with Gasteiger partial charge in [0.05, 0.1) is 19.6 Å². The number of ether oxygens (including phenoxy) is 2. The van der Waals surface area contributed by atoms with Crippen LogP contribution in [0.5, 0.6) is 5.75 Å². The summed E-state index contributed by atoms with van der Waals surface area (Å²) in [5.74, 6) is 1.01. The smallest absolute Gasteiger partial charge is 0.310 e. The van der Waals surface area contributed by atoms with Gasteiger partial charge in [-0.1, -0.05) is 42.5 Å². The van der Waals surface area contributed by atoms with Crippen LogP contribution in [0.25, 0.3) is 22.1 Å². The van der Waals surface area contributed by atoms with Crippen LogP contribution in [0, 0.1) is 0 Å². The predicted octanol–water partition coefficient (Wildman–Crippen LogP) is 4.78. The van der Waals surface area contributed by atoms with E-state index in [1.807, 2.05) is 48.5 Å². The molecule has 0 saturated carbocycles. The predicted molar refractivity (Wildman–Crippen MR) is 131 cm³/mol. The lowest BCUT2D eigenvalue weighted by atomic mass is 10.00. The largest absolute Gasteiger partial charge is 0.488 e. The molecule has 0 unspecified atom stereocenters. The van der Waals surface area contributed by atoms with E-state index in [2.05, 4.69) is 18.2 Å². The number of aliphatic hydroxyl groups is 1. The van der Waals surface area contributed by atoms with Crippen LogP contribution in [0.3, 0.4) is 0 Å². The van der Waals surface area contributed by atoms with Crippen molar-refractivity contribution in [2.24, 2.45) is 5.73 Å². The molecule has 1 aromatic heterocycles. The van der Waals surface area contributed by atoms with Crippen LogP contribution in [-0.2, 0) is 35.5 Å². The number of para-hydroxylation sites is 1. The Morgan fingerprint density at radius 1 is 1.03 bits per heavy atom. The molecular weight excluding hydrogens is 430 g/mol. The fourth-order valence-electron chi connectivity index (χ4n) is 4.03. The molecule has 0 aliphatic rings. The number of carbonyl (C=O) groups excluding carboxylic acids is 1. The second-order valence-electron chi connectivity index (χ2n) is 7.97. The van der Waals surface area contributed by atoms with E-state index < -0.39 is 0 Å². The fourth-order valence-corrected chi connectivity index (χ4v) is 4.03. The van der Waals surface area contributed by atoms with Crippen molar-refractivity contribution in [2.45, 2.75) is 32.9 Å². The standard InChI is InChI=1S/C28H29NO5/c1-2-32-28(31)16-22-7-3-4-9-25(22)33-18-24-23-15-21(20-8-5-6-19(14-20)17-29)10-11-26(23)34-27(24)12-13-30/h3-11,14-15,30H,2,12-13,16-18,29H2,1H3. The molecule has 0 saturated heterocycles. The van der Waals surface area contributed by atoms with Crippen LogP contribution in [0.4, 0.5) is 0 Å². The quantitative estimate of drug-likeness (QED) is 0.332. The first-order valence-corrected chi connectivity index (χ1v) is 11.4. The summed E-state index contributed by atoms with van der Waals surface area (Å²) in [4.78, 5) is 12.0. The number of hydrogen-bond donors (Lipinski definition) is 2. The van der Waals surface area contributed by atoms with Crippen molar-refractivity contribution in [3.05, 3.63) is 89.2 Å². The molecule has 0 atom stereocenters. The van der Waals surface area contributed by atoms with E-state index >= 15 is 0 Å². The van der Waals surface area contributed by atoms with Crippen LogP contribution >= 0.6 is 0 Å². The van der Waals surface area contributed by atoms with E-state index in [4.69, 9.17) is 19.6 Å². The number of nitrogens with two attached hydrogens (primary N) is 1. The van der Waals surface area contributed by atoms with Gasteiger partial charge in [0, 0.05) is 29.5 Å². The number of carbonyl (C=O) groups is 1. The highest BCUT2D eigenvalue weighted by atomic mass is 16.5. The van der Waals surface area contributed by atoms with E-state index in [1.54, 1.807) is 6.92 Å². The van der Waals surface area contributed by atoms with Crippen molar-refractivity contribution < 1.29 is 23.8 Å². The summed E-state index contributed by atoms with van der Waals surface area (Å²) in [7, 11) is 0. The number of hydrogen-bond acceptors (Lipinski definition) is 6. The van der Waals surface area contributed by atoms with Gasteiger partial charge in [0.25, 0.3) is 0 Å². The van der Waals surface area contributed by atoms with Gasteiger partial charge in [-0.2, -0.15) is 0 Å². The lowest BCUT2D eigenvalue weighted by Gasteiger charge is -2.12. The molecule has 0 bridgehead atoms. The Morgan fingerprint density at radius 2 is 1.85 bits per heavy atom. The summed E-state index contributed by atoms with van der Waals surface area (Å²) in [5.41, 5.74) is 11.4. The molecular formula is C28H29NO5. The third kappa shape index (κ3) is 5.30. The number of aliphatic hydroxyl groups excluding tert-OH is 1. The molecule has 0 amide bonds. The molecule has 0 fully saturated rings. The summed E-state index contributed by atoms with van der Waals surface area (Å²) in [6, 6.07) is 21.6. The minimum Gasteiger partial charge on any atom is -0.488 e. The van der Waals surface area contributed by atoms with Crippen molar-refractivity contribution in [3.63, 3.8) is 0 Å². The first-order valence-electron chi connectivity index (χ1n) is 11.4. The Kier molecular flexibility index (Phi) is 7.62. The molecule has 0 spiro atoms. The van der Waals surface area contributed by atoms with Crippen LogP contribution < -0.4 is 10.5 Å². The molecule has 34 heavy (non-hydrogen) atoms. The maximum absolute atomic E-state index is 12.0. The number of esters is 1. The lowest BCUT2D eigenvalue weighted by molar-refractivity contribution is -0.142. The Morgan fingerprint density at radius 3 is 2.65 bits per heavy atom.